The molecule has 0 saturated carbocycles. The summed E-state index contributed by atoms with van der Waals surface area (Å²) in [4.78, 5) is 3.94. The van der Waals surface area contributed by atoms with Crippen LogP contribution in [0, 0.1) is 11.8 Å². The third-order valence-corrected chi connectivity index (χ3v) is 1.07. The molecule has 0 aromatic carbocycles. The van der Waals surface area contributed by atoms with Crippen LogP contribution in [0.25, 0.3) is 0 Å². The number of rotatable bonds is 0. The fraction of sp³-hybridized carbons (Fsp3) is 0.222. The first-order valence-corrected chi connectivity index (χ1v) is 3.32. The Morgan fingerprint density at radius 3 is 3.10 bits per heavy atom. The summed E-state index contributed by atoms with van der Waals surface area (Å²) in [6, 6.07) is 3.84. The first-order chi connectivity index (χ1) is 4.93. The van der Waals surface area contributed by atoms with Crippen molar-refractivity contribution in [2.75, 3.05) is 0 Å². The fourth-order valence-electron chi connectivity index (χ4n) is 0.627. The second kappa shape index (κ2) is 3.68. The fourth-order valence-corrected chi connectivity index (χ4v) is 0.627. The van der Waals surface area contributed by atoms with Gasteiger partial charge in [-0.1, -0.05) is 18.8 Å². The van der Waals surface area contributed by atoms with E-state index >= 15 is 0 Å². The summed E-state index contributed by atoms with van der Waals surface area (Å²) in [5, 5.41) is 0. The van der Waals surface area contributed by atoms with E-state index in [1.807, 2.05) is 19.1 Å². The minimum atomic E-state index is 0.898. The van der Waals surface area contributed by atoms with Crippen molar-refractivity contribution in [3.63, 3.8) is 0 Å². The van der Waals surface area contributed by atoms with Gasteiger partial charge in [-0.2, -0.15) is 0 Å². The number of nitrogens with zero attached hydrogens (tertiary/aromatic N) is 1. The number of hydrogen-bond donors (Lipinski definition) is 0. The van der Waals surface area contributed by atoms with Crippen LogP contribution in [0.4, 0.5) is 0 Å². The van der Waals surface area contributed by atoms with Gasteiger partial charge in [-0.05, 0) is 12.1 Å². The van der Waals surface area contributed by atoms with E-state index < -0.39 is 0 Å². The van der Waals surface area contributed by atoms with Crippen LogP contribution in [0.2, 0.25) is 0 Å². The molecular weight excluding hydrogens is 122 g/mol. The predicted molar refractivity (Wildman–Crippen MR) is 41.4 cm³/mol. The van der Waals surface area contributed by atoms with Gasteiger partial charge >= 0.3 is 0 Å². The SMILES string of the molecule is CCC#Cc1cccnc1. The summed E-state index contributed by atoms with van der Waals surface area (Å²) >= 11 is 0. The Kier molecular flexibility index (Phi) is 2.51. The standard InChI is InChI=1S/C9H9N/c1-2-3-5-9-6-4-7-10-8-9/h4,6-8H,2H2,1H3. The molecule has 0 radical (unpaired) electrons. The van der Waals surface area contributed by atoms with Crippen LogP contribution >= 0.6 is 0 Å². The molecule has 0 unspecified atom stereocenters. The number of pyridine rings is 1. The van der Waals surface area contributed by atoms with Crippen molar-refractivity contribution in [1.29, 1.82) is 0 Å². The molecule has 0 atom stereocenters. The van der Waals surface area contributed by atoms with Gasteiger partial charge in [-0.3, -0.25) is 4.98 Å². The molecule has 0 N–H and O–H groups in total. The Morgan fingerprint density at radius 2 is 2.50 bits per heavy atom. The lowest BCUT2D eigenvalue weighted by atomic mass is 10.3. The average molecular weight is 131 g/mol. The maximum Gasteiger partial charge on any atom is 0.0428 e. The zero-order valence-electron chi connectivity index (χ0n) is 5.96. The summed E-state index contributed by atoms with van der Waals surface area (Å²) < 4.78 is 0. The average Bonchev–Trinajstić information content (AvgIpc) is 2.03. The number of aromatic nitrogens is 1. The highest BCUT2D eigenvalue weighted by atomic mass is 14.6. The summed E-state index contributed by atoms with van der Waals surface area (Å²) in [5.41, 5.74) is 0.990. The molecule has 10 heavy (non-hydrogen) atoms. The Labute approximate surface area is 61.1 Å². The quantitative estimate of drug-likeness (QED) is 0.489. The molecule has 0 aliphatic heterocycles. The molecule has 1 aromatic rings. The third kappa shape index (κ3) is 1.91. The van der Waals surface area contributed by atoms with Crippen LogP contribution in [0.15, 0.2) is 24.5 Å². The third-order valence-electron chi connectivity index (χ3n) is 1.07. The van der Waals surface area contributed by atoms with E-state index in [1.54, 1.807) is 12.4 Å². The highest BCUT2D eigenvalue weighted by Crippen LogP contribution is 1.91. The van der Waals surface area contributed by atoms with Gasteiger partial charge < -0.3 is 0 Å². The molecule has 0 spiro atoms. The van der Waals surface area contributed by atoms with Gasteiger partial charge in [0.05, 0.1) is 0 Å². The minimum Gasteiger partial charge on any atom is -0.263 e. The lowest BCUT2D eigenvalue weighted by Crippen LogP contribution is -1.73. The maximum absolute atomic E-state index is 3.94. The van der Waals surface area contributed by atoms with Crippen LogP contribution in [-0.2, 0) is 0 Å². The predicted octanol–water partition coefficient (Wildman–Crippen LogP) is 1.84. The Hall–Kier alpha value is -1.29. The normalized spacial score (nSPS) is 8.10. The summed E-state index contributed by atoms with van der Waals surface area (Å²) in [6.45, 7) is 2.03. The van der Waals surface area contributed by atoms with Crippen molar-refractivity contribution < 1.29 is 0 Å². The van der Waals surface area contributed by atoms with Gasteiger partial charge in [0.25, 0.3) is 0 Å². The van der Waals surface area contributed by atoms with Crippen LogP contribution < -0.4 is 0 Å². The molecule has 50 valence electrons. The van der Waals surface area contributed by atoms with Crippen molar-refractivity contribution in [3.8, 4) is 11.8 Å². The molecule has 0 amide bonds. The van der Waals surface area contributed by atoms with Crippen molar-refractivity contribution >= 4 is 0 Å². The van der Waals surface area contributed by atoms with Crippen molar-refractivity contribution in [1.82, 2.24) is 4.98 Å². The van der Waals surface area contributed by atoms with E-state index in [2.05, 4.69) is 16.8 Å². The van der Waals surface area contributed by atoms with Crippen LogP contribution in [0.1, 0.15) is 18.9 Å². The van der Waals surface area contributed by atoms with Gasteiger partial charge in [0, 0.05) is 24.4 Å². The zero-order valence-corrected chi connectivity index (χ0v) is 5.96. The molecule has 1 aromatic heterocycles. The van der Waals surface area contributed by atoms with E-state index in [-0.39, 0.29) is 0 Å². The van der Waals surface area contributed by atoms with Gasteiger partial charge in [-0.15, -0.1) is 0 Å². The maximum atomic E-state index is 3.94. The molecule has 1 nitrogen and oxygen atoms in total. The molecule has 0 saturated heterocycles. The highest BCUT2D eigenvalue weighted by molar-refractivity contribution is 5.30. The zero-order chi connectivity index (χ0) is 7.23. The molecule has 1 heterocycles. The molecule has 0 bridgehead atoms. The lowest BCUT2D eigenvalue weighted by Gasteiger charge is -1.83. The Balaban J connectivity index is 2.76. The minimum absolute atomic E-state index is 0.898. The first kappa shape index (κ1) is 6.82. The van der Waals surface area contributed by atoms with Crippen molar-refractivity contribution in [2.45, 2.75) is 13.3 Å². The molecular formula is C9H9N. The molecule has 0 aliphatic carbocycles. The summed E-state index contributed by atoms with van der Waals surface area (Å²) in [7, 11) is 0. The highest BCUT2D eigenvalue weighted by Gasteiger charge is 1.79. The van der Waals surface area contributed by atoms with Gasteiger partial charge in [0.15, 0.2) is 0 Å². The summed E-state index contributed by atoms with van der Waals surface area (Å²) in [5.74, 6) is 5.96. The van der Waals surface area contributed by atoms with Crippen LogP contribution in [-0.4, -0.2) is 4.98 Å². The second-order valence-corrected chi connectivity index (χ2v) is 1.90. The molecule has 1 rings (SSSR count). The lowest BCUT2D eigenvalue weighted by molar-refractivity contribution is 1.27. The largest absolute Gasteiger partial charge is 0.263 e. The molecule has 0 aliphatic rings. The van der Waals surface area contributed by atoms with E-state index in [4.69, 9.17) is 0 Å². The Morgan fingerprint density at radius 1 is 1.60 bits per heavy atom. The first-order valence-electron chi connectivity index (χ1n) is 3.32. The topological polar surface area (TPSA) is 12.9 Å². The second-order valence-electron chi connectivity index (χ2n) is 1.90. The van der Waals surface area contributed by atoms with Gasteiger partial charge in [0.1, 0.15) is 0 Å². The monoisotopic (exact) mass is 131 g/mol. The van der Waals surface area contributed by atoms with Crippen molar-refractivity contribution in [2.24, 2.45) is 0 Å². The Bertz CT molecular complexity index is 240. The van der Waals surface area contributed by atoms with Crippen molar-refractivity contribution in [3.05, 3.63) is 30.1 Å². The summed E-state index contributed by atoms with van der Waals surface area (Å²) in [6.07, 6.45) is 4.41. The van der Waals surface area contributed by atoms with E-state index in [0.29, 0.717) is 0 Å². The number of hydrogen-bond acceptors (Lipinski definition) is 1. The van der Waals surface area contributed by atoms with E-state index in [1.165, 1.54) is 0 Å². The van der Waals surface area contributed by atoms with Gasteiger partial charge in [0.2, 0.25) is 0 Å². The van der Waals surface area contributed by atoms with E-state index in [9.17, 15) is 0 Å². The molecule has 1 heteroatoms. The van der Waals surface area contributed by atoms with Crippen LogP contribution in [0.5, 0.6) is 0 Å². The smallest absolute Gasteiger partial charge is 0.0428 e. The van der Waals surface area contributed by atoms with E-state index in [0.717, 1.165) is 12.0 Å². The van der Waals surface area contributed by atoms with Gasteiger partial charge in [-0.25, -0.2) is 0 Å². The van der Waals surface area contributed by atoms with Crippen LogP contribution in [0.3, 0.4) is 0 Å². The molecule has 0 fully saturated rings.